The van der Waals surface area contributed by atoms with Gasteiger partial charge in [0.1, 0.15) is 6.34 Å². The van der Waals surface area contributed by atoms with Gasteiger partial charge in [-0.05, 0) is 24.6 Å². The molecule has 0 saturated heterocycles. The van der Waals surface area contributed by atoms with E-state index in [-0.39, 0.29) is 0 Å². The maximum Gasteiger partial charge on any atom is 0.173 e. The molecule has 1 aromatic carbocycles. The molecule has 0 radical (unpaired) electrons. The molecule has 92 valence electrons. The molecule has 0 atom stereocenters. The Labute approximate surface area is 102 Å². The summed E-state index contributed by atoms with van der Waals surface area (Å²) in [6, 6.07) is 6.10. The number of hydrogen-bond acceptors (Lipinski definition) is 5. The largest absolute Gasteiger partial charge is 0.326 e. The van der Waals surface area contributed by atoms with Crippen molar-refractivity contribution < 1.29 is 0 Å². The fraction of sp³-hybridized carbons (Fsp3) is 0.333. The van der Waals surface area contributed by atoms with Gasteiger partial charge in [0, 0.05) is 12.1 Å². The van der Waals surface area contributed by atoms with Gasteiger partial charge in [0.05, 0.1) is 0 Å². The average molecular weight is 233 g/mol. The minimum absolute atomic E-state index is 0.526. The number of aryl methyl sites for hydroxylation is 1. The second kappa shape index (κ2) is 6.65. The zero-order chi connectivity index (χ0) is 12.7. The quantitative estimate of drug-likeness (QED) is 0.720. The predicted molar refractivity (Wildman–Crippen MR) is 71.7 cm³/mol. The number of rotatable bonds is 2. The van der Waals surface area contributed by atoms with Crippen LogP contribution in [-0.4, -0.2) is 12.2 Å². The Kier molecular flexibility index (Phi) is 5.16. The molecule has 0 amide bonds. The van der Waals surface area contributed by atoms with Crippen molar-refractivity contribution in [3.63, 3.8) is 0 Å². The summed E-state index contributed by atoms with van der Waals surface area (Å²) in [5, 5.41) is 7.95. The van der Waals surface area contributed by atoms with E-state index in [1.165, 1.54) is 6.34 Å². The van der Waals surface area contributed by atoms with Crippen LogP contribution in [-0.2, 0) is 6.54 Å². The lowest BCUT2D eigenvalue weighted by Gasteiger charge is -2.11. The van der Waals surface area contributed by atoms with E-state index in [2.05, 4.69) is 27.1 Å². The molecular weight excluding hydrogens is 214 g/mol. The van der Waals surface area contributed by atoms with Gasteiger partial charge in [-0.15, -0.1) is 0 Å². The summed E-state index contributed by atoms with van der Waals surface area (Å²) >= 11 is 0. The molecular formula is C12H19N5. The average Bonchev–Trinajstić information content (AvgIpc) is 2.41. The molecule has 1 aliphatic heterocycles. The first-order valence-electron chi connectivity index (χ1n) is 5.71. The molecule has 1 heterocycles. The number of hydrogen-bond donors (Lipinski definition) is 3. The Bertz CT molecular complexity index is 423. The van der Waals surface area contributed by atoms with Gasteiger partial charge in [0.2, 0.25) is 0 Å². The Morgan fingerprint density at radius 3 is 2.59 bits per heavy atom. The molecule has 4 N–H and O–H groups in total. The highest BCUT2D eigenvalue weighted by atomic mass is 15.5. The van der Waals surface area contributed by atoms with Crippen LogP contribution in [0.2, 0.25) is 0 Å². The monoisotopic (exact) mass is 233 g/mol. The van der Waals surface area contributed by atoms with E-state index < -0.39 is 0 Å². The molecule has 1 aromatic rings. The van der Waals surface area contributed by atoms with Crippen molar-refractivity contribution in [2.24, 2.45) is 15.9 Å². The standard InChI is InChI=1S/C10H13N5.C2H6/c1-7-2-8(5-11)4-9(3-7)10-14-12-6-13-15-10;1-2/h2-4,6H,5,11H2,1H3,(H,12,13)(H,14,15);1-2H3. The molecule has 5 heteroatoms. The number of nitrogens with two attached hydrogens (primary N) is 1. The second-order valence-corrected chi connectivity index (χ2v) is 3.37. The molecule has 1 aliphatic rings. The van der Waals surface area contributed by atoms with E-state index in [4.69, 9.17) is 5.73 Å². The van der Waals surface area contributed by atoms with Gasteiger partial charge in [-0.25, -0.2) is 0 Å². The maximum absolute atomic E-state index is 5.61. The van der Waals surface area contributed by atoms with E-state index in [9.17, 15) is 0 Å². The maximum atomic E-state index is 5.61. The van der Waals surface area contributed by atoms with Gasteiger partial charge in [0.25, 0.3) is 0 Å². The van der Waals surface area contributed by atoms with Gasteiger partial charge >= 0.3 is 0 Å². The first-order chi connectivity index (χ1) is 8.29. The second-order valence-electron chi connectivity index (χ2n) is 3.37. The van der Waals surface area contributed by atoms with Gasteiger partial charge in [-0.1, -0.05) is 25.5 Å². The Balaban J connectivity index is 0.000000686. The molecule has 5 nitrogen and oxygen atoms in total. The molecule has 17 heavy (non-hydrogen) atoms. The minimum Gasteiger partial charge on any atom is -0.326 e. The van der Waals surface area contributed by atoms with Crippen LogP contribution in [0.5, 0.6) is 0 Å². The highest BCUT2D eigenvalue weighted by Crippen LogP contribution is 2.10. The third-order valence-corrected chi connectivity index (χ3v) is 2.12. The lowest BCUT2D eigenvalue weighted by atomic mass is 10.1. The SMILES string of the molecule is CC.Cc1cc(CN)cc(C2=NNC=NN2)c1. The van der Waals surface area contributed by atoms with Crippen LogP contribution >= 0.6 is 0 Å². The molecule has 0 bridgehead atoms. The van der Waals surface area contributed by atoms with Gasteiger partial charge in [0.15, 0.2) is 5.84 Å². The Hall–Kier alpha value is -1.88. The molecule has 0 fully saturated rings. The summed E-state index contributed by atoms with van der Waals surface area (Å²) in [5.74, 6) is 0.705. The van der Waals surface area contributed by atoms with Gasteiger partial charge in [-0.3, -0.25) is 10.9 Å². The van der Waals surface area contributed by atoms with Crippen LogP contribution < -0.4 is 16.6 Å². The number of nitrogens with one attached hydrogen (secondary N) is 2. The van der Waals surface area contributed by atoms with E-state index in [1.54, 1.807) is 0 Å². The van der Waals surface area contributed by atoms with Crippen molar-refractivity contribution in [3.05, 3.63) is 34.9 Å². The van der Waals surface area contributed by atoms with Crippen molar-refractivity contribution in [1.82, 2.24) is 10.9 Å². The Morgan fingerprint density at radius 1 is 1.24 bits per heavy atom. The third kappa shape index (κ3) is 3.57. The zero-order valence-corrected chi connectivity index (χ0v) is 10.5. The number of hydrazone groups is 2. The fourth-order valence-electron chi connectivity index (χ4n) is 1.49. The fourth-order valence-corrected chi connectivity index (χ4v) is 1.49. The van der Waals surface area contributed by atoms with E-state index >= 15 is 0 Å². The number of amidine groups is 1. The van der Waals surface area contributed by atoms with Crippen molar-refractivity contribution in [2.45, 2.75) is 27.3 Å². The van der Waals surface area contributed by atoms with Gasteiger partial charge in [-0.2, -0.15) is 10.2 Å². The smallest absolute Gasteiger partial charge is 0.173 e. The van der Waals surface area contributed by atoms with Gasteiger partial charge < -0.3 is 5.73 Å². The summed E-state index contributed by atoms with van der Waals surface area (Å²) in [6.45, 7) is 6.56. The van der Waals surface area contributed by atoms with Crippen LogP contribution in [0.4, 0.5) is 0 Å². The first-order valence-corrected chi connectivity index (χ1v) is 5.71. The normalized spacial score (nSPS) is 12.8. The highest BCUT2D eigenvalue weighted by Gasteiger charge is 2.06. The molecule has 2 rings (SSSR count). The van der Waals surface area contributed by atoms with Crippen molar-refractivity contribution in [3.8, 4) is 0 Å². The number of benzene rings is 1. The van der Waals surface area contributed by atoms with Crippen molar-refractivity contribution in [1.29, 1.82) is 0 Å². The summed E-state index contributed by atoms with van der Waals surface area (Å²) in [5.41, 5.74) is 14.4. The summed E-state index contributed by atoms with van der Waals surface area (Å²) in [4.78, 5) is 0. The van der Waals surface area contributed by atoms with Crippen LogP contribution in [0, 0.1) is 6.92 Å². The summed E-state index contributed by atoms with van der Waals surface area (Å²) in [6.07, 6.45) is 1.49. The lowest BCUT2D eigenvalue weighted by molar-refractivity contribution is 0.904. The van der Waals surface area contributed by atoms with E-state index in [1.807, 2.05) is 32.9 Å². The topological polar surface area (TPSA) is 74.8 Å². The van der Waals surface area contributed by atoms with Crippen molar-refractivity contribution in [2.75, 3.05) is 0 Å². The molecule has 0 spiro atoms. The summed E-state index contributed by atoms with van der Waals surface area (Å²) in [7, 11) is 0. The van der Waals surface area contributed by atoms with Crippen LogP contribution in [0.1, 0.15) is 30.5 Å². The van der Waals surface area contributed by atoms with Crippen LogP contribution in [0.15, 0.2) is 28.4 Å². The number of nitrogens with zero attached hydrogens (tertiary/aromatic N) is 2. The van der Waals surface area contributed by atoms with Crippen molar-refractivity contribution >= 4 is 12.2 Å². The zero-order valence-electron chi connectivity index (χ0n) is 10.5. The highest BCUT2D eigenvalue weighted by molar-refractivity contribution is 6.00. The molecule has 0 aliphatic carbocycles. The van der Waals surface area contributed by atoms with Crippen LogP contribution in [0.25, 0.3) is 0 Å². The molecule has 0 aromatic heterocycles. The molecule has 0 unspecified atom stereocenters. The van der Waals surface area contributed by atoms with E-state index in [0.29, 0.717) is 12.4 Å². The summed E-state index contributed by atoms with van der Waals surface area (Å²) < 4.78 is 0. The lowest BCUT2D eigenvalue weighted by Crippen LogP contribution is -2.28. The molecule has 0 saturated carbocycles. The van der Waals surface area contributed by atoms with E-state index in [0.717, 1.165) is 16.7 Å². The third-order valence-electron chi connectivity index (χ3n) is 2.12. The minimum atomic E-state index is 0.526. The first kappa shape index (κ1) is 13.2. The van der Waals surface area contributed by atoms with Crippen LogP contribution in [0.3, 0.4) is 0 Å². The predicted octanol–water partition coefficient (Wildman–Crippen LogP) is 1.28. The Morgan fingerprint density at radius 2 is 2.00 bits per heavy atom.